The van der Waals surface area contributed by atoms with E-state index >= 15 is 0 Å². The standard InChI is InChI=1S/C18H14N4O5/c23-16-11-6-2-1-5-10(11)15(19-20-16)18(25)22-21-17(24)14-9-26-12-7-3-4-8-13(12)27-14/h1-8,14H,9H2,(H,20,23)(H,21,24)(H,22,25)/t14-/m0/s1. The molecule has 0 radical (unpaired) electrons. The van der Waals surface area contributed by atoms with Crippen LogP contribution in [0.25, 0.3) is 10.8 Å². The molecule has 1 aliphatic rings. The molecular formula is C18H14N4O5. The number of nitrogens with zero attached hydrogens (tertiary/aromatic N) is 1. The number of hydrogen-bond acceptors (Lipinski definition) is 6. The van der Waals surface area contributed by atoms with Gasteiger partial charge in [-0.15, -0.1) is 0 Å². The minimum Gasteiger partial charge on any atom is -0.485 e. The van der Waals surface area contributed by atoms with Gasteiger partial charge in [-0.2, -0.15) is 5.10 Å². The largest absolute Gasteiger partial charge is 0.485 e. The number of fused-ring (bicyclic) bond motifs is 2. The second-order valence-electron chi connectivity index (χ2n) is 5.75. The van der Waals surface area contributed by atoms with Gasteiger partial charge < -0.3 is 9.47 Å². The molecule has 3 aromatic rings. The maximum absolute atomic E-state index is 12.4. The molecule has 0 saturated carbocycles. The number of aromatic amines is 1. The van der Waals surface area contributed by atoms with Crippen molar-refractivity contribution >= 4 is 22.6 Å². The van der Waals surface area contributed by atoms with E-state index in [1.165, 1.54) is 0 Å². The SMILES string of the molecule is O=C(NNC(=O)[C@@H]1COc2ccccc2O1)c1n[nH]c(=O)c2ccccc12. The highest BCUT2D eigenvalue weighted by Gasteiger charge is 2.27. The fraction of sp³-hybridized carbons (Fsp3) is 0.111. The minimum atomic E-state index is -0.916. The van der Waals surface area contributed by atoms with Crippen molar-refractivity contribution < 1.29 is 19.1 Å². The summed E-state index contributed by atoms with van der Waals surface area (Å²) in [6, 6.07) is 13.5. The number of hydrazine groups is 1. The number of aromatic nitrogens is 2. The topological polar surface area (TPSA) is 122 Å². The highest BCUT2D eigenvalue weighted by Crippen LogP contribution is 2.30. The Morgan fingerprint density at radius 3 is 2.52 bits per heavy atom. The monoisotopic (exact) mass is 366 g/mol. The first kappa shape index (κ1) is 16.6. The maximum Gasteiger partial charge on any atom is 0.290 e. The van der Waals surface area contributed by atoms with E-state index in [1.54, 1.807) is 48.5 Å². The van der Waals surface area contributed by atoms with Gasteiger partial charge in [-0.25, -0.2) is 5.10 Å². The van der Waals surface area contributed by atoms with Crippen molar-refractivity contribution in [2.24, 2.45) is 0 Å². The van der Waals surface area contributed by atoms with Gasteiger partial charge >= 0.3 is 0 Å². The van der Waals surface area contributed by atoms with Crippen LogP contribution in [-0.2, 0) is 4.79 Å². The molecule has 136 valence electrons. The summed E-state index contributed by atoms with van der Waals surface area (Å²) in [5.74, 6) is -0.252. The molecule has 1 aromatic heterocycles. The predicted molar refractivity (Wildman–Crippen MR) is 94.3 cm³/mol. The Morgan fingerprint density at radius 2 is 1.70 bits per heavy atom. The molecule has 4 rings (SSSR count). The highest BCUT2D eigenvalue weighted by molar-refractivity contribution is 6.05. The normalized spacial score (nSPS) is 15.2. The van der Waals surface area contributed by atoms with E-state index in [0.717, 1.165) is 0 Å². The average Bonchev–Trinajstić information content (AvgIpc) is 2.72. The Balaban J connectivity index is 1.45. The molecule has 3 N–H and O–H groups in total. The van der Waals surface area contributed by atoms with Gasteiger partial charge in [0.05, 0.1) is 5.39 Å². The molecule has 2 amide bonds. The molecule has 27 heavy (non-hydrogen) atoms. The number of nitrogens with one attached hydrogen (secondary N) is 3. The number of rotatable bonds is 2. The number of para-hydroxylation sites is 2. The first-order valence-electron chi connectivity index (χ1n) is 8.09. The zero-order valence-corrected chi connectivity index (χ0v) is 13.9. The lowest BCUT2D eigenvalue weighted by molar-refractivity contribution is -0.131. The van der Waals surface area contributed by atoms with Gasteiger partial charge in [0.1, 0.15) is 6.61 Å². The number of amides is 2. The summed E-state index contributed by atoms with van der Waals surface area (Å²) in [6.45, 7) is 0.0125. The van der Waals surface area contributed by atoms with Crippen molar-refractivity contribution in [3.8, 4) is 11.5 Å². The first-order valence-corrected chi connectivity index (χ1v) is 8.09. The lowest BCUT2D eigenvalue weighted by atomic mass is 10.1. The molecule has 0 aliphatic carbocycles. The van der Waals surface area contributed by atoms with Crippen LogP contribution in [-0.4, -0.2) is 34.7 Å². The summed E-state index contributed by atoms with van der Waals surface area (Å²) in [6.07, 6.45) is -0.916. The average molecular weight is 366 g/mol. The number of carbonyl (C=O) groups excluding carboxylic acids is 2. The Morgan fingerprint density at radius 1 is 1.00 bits per heavy atom. The van der Waals surface area contributed by atoms with Gasteiger partial charge in [0.25, 0.3) is 17.4 Å². The zero-order valence-electron chi connectivity index (χ0n) is 13.9. The van der Waals surface area contributed by atoms with Crippen LogP contribution in [0.15, 0.2) is 53.3 Å². The summed E-state index contributed by atoms with van der Waals surface area (Å²) in [5.41, 5.74) is 4.14. The summed E-state index contributed by atoms with van der Waals surface area (Å²) in [4.78, 5) is 36.4. The molecule has 0 saturated heterocycles. The minimum absolute atomic E-state index is 0.0125. The van der Waals surface area contributed by atoms with Crippen molar-refractivity contribution in [1.29, 1.82) is 0 Å². The second kappa shape index (κ2) is 6.79. The van der Waals surface area contributed by atoms with Gasteiger partial charge in [-0.1, -0.05) is 30.3 Å². The molecule has 1 aliphatic heterocycles. The van der Waals surface area contributed by atoms with Crippen LogP contribution < -0.4 is 25.9 Å². The van der Waals surface area contributed by atoms with Crippen molar-refractivity contribution in [2.45, 2.75) is 6.10 Å². The summed E-state index contributed by atoms with van der Waals surface area (Å²) in [7, 11) is 0. The van der Waals surface area contributed by atoms with Gasteiger partial charge in [-0.3, -0.25) is 25.2 Å². The van der Waals surface area contributed by atoms with Crippen LogP contribution in [0.4, 0.5) is 0 Å². The number of benzene rings is 2. The van der Waals surface area contributed by atoms with Crippen molar-refractivity contribution in [2.75, 3.05) is 6.61 Å². The number of hydrogen-bond donors (Lipinski definition) is 3. The van der Waals surface area contributed by atoms with Gasteiger partial charge in [0, 0.05) is 5.39 Å². The third kappa shape index (κ3) is 3.17. The van der Waals surface area contributed by atoms with Crippen molar-refractivity contribution in [3.63, 3.8) is 0 Å². The third-order valence-electron chi connectivity index (χ3n) is 4.01. The van der Waals surface area contributed by atoms with Crippen molar-refractivity contribution in [1.82, 2.24) is 21.0 Å². The lowest BCUT2D eigenvalue weighted by Gasteiger charge is -2.25. The van der Waals surface area contributed by atoms with Gasteiger partial charge in [0.15, 0.2) is 17.2 Å². The predicted octanol–water partition coefficient (Wildman–Crippen LogP) is 0.524. The maximum atomic E-state index is 12.4. The number of carbonyl (C=O) groups is 2. The fourth-order valence-electron chi connectivity index (χ4n) is 2.69. The Bertz CT molecular complexity index is 1090. The molecule has 2 aromatic carbocycles. The van der Waals surface area contributed by atoms with E-state index in [2.05, 4.69) is 21.0 Å². The van der Waals surface area contributed by atoms with E-state index < -0.39 is 23.5 Å². The first-order chi connectivity index (χ1) is 13.1. The number of H-pyrrole nitrogens is 1. The molecule has 0 spiro atoms. The van der Waals surface area contributed by atoms with E-state index in [0.29, 0.717) is 22.3 Å². The third-order valence-corrected chi connectivity index (χ3v) is 4.01. The van der Waals surface area contributed by atoms with Gasteiger partial charge in [0.2, 0.25) is 6.10 Å². The molecule has 9 nitrogen and oxygen atoms in total. The van der Waals surface area contributed by atoms with Crippen LogP contribution in [0.2, 0.25) is 0 Å². The fourth-order valence-corrected chi connectivity index (χ4v) is 2.69. The molecule has 9 heteroatoms. The van der Waals surface area contributed by atoms with E-state index in [9.17, 15) is 14.4 Å². The summed E-state index contributed by atoms with van der Waals surface area (Å²) in [5, 5.41) is 6.73. The quantitative estimate of drug-likeness (QED) is 0.569. The summed E-state index contributed by atoms with van der Waals surface area (Å²) >= 11 is 0. The van der Waals surface area contributed by atoms with Crippen LogP contribution in [0, 0.1) is 0 Å². The van der Waals surface area contributed by atoms with E-state index in [4.69, 9.17) is 9.47 Å². The molecule has 0 unspecified atom stereocenters. The Hall–Kier alpha value is -3.88. The highest BCUT2D eigenvalue weighted by atomic mass is 16.6. The van der Waals surface area contributed by atoms with E-state index in [1.807, 2.05) is 0 Å². The second-order valence-corrected chi connectivity index (χ2v) is 5.75. The molecule has 0 bridgehead atoms. The van der Waals surface area contributed by atoms with Crippen LogP contribution in [0.5, 0.6) is 11.5 Å². The Kier molecular flexibility index (Phi) is 4.17. The lowest BCUT2D eigenvalue weighted by Crippen LogP contribution is -2.51. The van der Waals surface area contributed by atoms with Gasteiger partial charge in [-0.05, 0) is 18.2 Å². The zero-order chi connectivity index (χ0) is 18.8. The molecule has 0 fully saturated rings. The number of ether oxygens (including phenoxy) is 2. The summed E-state index contributed by atoms with van der Waals surface area (Å²) < 4.78 is 11.0. The molecular weight excluding hydrogens is 352 g/mol. The molecule has 1 atom stereocenters. The van der Waals surface area contributed by atoms with Crippen LogP contribution >= 0.6 is 0 Å². The van der Waals surface area contributed by atoms with Crippen molar-refractivity contribution in [3.05, 3.63) is 64.6 Å². The van der Waals surface area contributed by atoms with E-state index in [-0.39, 0.29) is 12.3 Å². The smallest absolute Gasteiger partial charge is 0.290 e. The van der Waals surface area contributed by atoms with Crippen LogP contribution in [0.3, 0.4) is 0 Å². The van der Waals surface area contributed by atoms with Crippen LogP contribution in [0.1, 0.15) is 10.5 Å². The molecule has 2 heterocycles. The Labute approximate surface area is 152 Å².